The van der Waals surface area contributed by atoms with Crippen LogP contribution in [0.25, 0.3) is 0 Å². The number of hydrogen-bond donors (Lipinski definition) is 4. The number of aliphatic carboxylic acids is 1. The lowest BCUT2D eigenvalue weighted by atomic mass is 9.73. The lowest BCUT2D eigenvalue weighted by Crippen LogP contribution is -2.41. The number of rotatable bonds is 11. The predicted molar refractivity (Wildman–Crippen MR) is 145 cm³/mol. The monoisotopic (exact) mass is 510 g/mol. The number of benzene rings is 2. The van der Waals surface area contributed by atoms with Crippen molar-refractivity contribution in [1.82, 2.24) is 10.2 Å². The lowest BCUT2D eigenvalue weighted by molar-refractivity contribution is -0.140. The van der Waals surface area contributed by atoms with Crippen molar-refractivity contribution in [3.63, 3.8) is 0 Å². The predicted octanol–water partition coefficient (Wildman–Crippen LogP) is 5.64. The highest BCUT2D eigenvalue weighted by atomic mass is 16.4. The molecule has 2 aromatic rings. The quantitative estimate of drug-likeness (QED) is 0.311. The minimum absolute atomic E-state index is 0.00751. The minimum Gasteiger partial charge on any atom is -0.508 e. The Morgan fingerprint density at radius 1 is 1.03 bits per heavy atom. The number of carbonyl (C=O) groups excluding carboxylic acids is 1. The van der Waals surface area contributed by atoms with E-state index in [0.717, 1.165) is 11.1 Å². The molecule has 0 heterocycles. The van der Waals surface area contributed by atoms with Gasteiger partial charge in [0.05, 0.1) is 5.56 Å². The van der Waals surface area contributed by atoms with Gasteiger partial charge < -0.3 is 25.5 Å². The van der Waals surface area contributed by atoms with Crippen LogP contribution in [0.1, 0.15) is 92.8 Å². The molecule has 1 aliphatic carbocycles. The molecule has 1 fully saturated rings. The largest absolute Gasteiger partial charge is 0.508 e. The first-order chi connectivity index (χ1) is 17.4. The average Bonchev–Trinajstić information content (AvgIpc) is 3.38. The first-order valence-electron chi connectivity index (χ1n) is 13.2. The summed E-state index contributed by atoms with van der Waals surface area (Å²) in [4.78, 5) is 26.5. The van der Waals surface area contributed by atoms with Crippen LogP contribution < -0.4 is 5.32 Å². The third-order valence-corrected chi connectivity index (χ3v) is 7.83. The van der Waals surface area contributed by atoms with E-state index in [4.69, 9.17) is 0 Å². The maximum Gasteiger partial charge on any atom is 0.320 e. The third kappa shape index (κ3) is 7.25. The zero-order chi connectivity index (χ0) is 27.3. The fourth-order valence-corrected chi connectivity index (χ4v) is 5.43. The molecule has 1 atom stereocenters. The number of amides is 1. The van der Waals surface area contributed by atoms with Crippen LogP contribution >= 0.6 is 0 Å². The Morgan fingerprint density at radius 2 is 1.62 bits per heavy atom. The van der Waals surface area contributed by atoms with Gasteiger partial charge in [-0.3, -0.25) is 9.59 Å². The summed E-state index contributed by atoms with van der Waals surface area (Å²) in [6, 6.07) is 9.90. The highest BCUT2D eigenvalue weighted by molar-refractivity contribution is 5.97. The van der Waals surface area contributed by atoms with Gasteiger partial charge in [0.25, 0.3) is 5.91 Å². The smallest absolute Gasteiger partial charge is 0.320 e. The zero-order valence-electron chi connectivity index (χ0n) is 22.8. The molecule has 37 heavy (non-hydrogen) atoms. The number of nitrogens with one attached hydrogen (secondary N) is 1. The van der Waals surface area contributed by atoms with E-state index in [1.807, 2.05) is 38.1 Å². The van der Waals surface area contributed by atoms with Crippen LogP contribution in [0.5, 0.6) is 11.5 Å². The van der Waals surface area contributed by atoms with Gasteiger partial charge in [0.2, 0.25) is 0 Å². The van der Waals surface area contributed by atoms with Crippen molar-refractivity contribution < 1.29 is 24.9 Å². The number of aromatic hydroxyl groups is 2. The van der Waals surface area contributed by atoms with Gasteiger partial charge in [0.15, 0.2) is 0 Å². The van der Waals surface area contributed by atoms with Gasteiger partial charge in [-0.2, -0.15) is 0 Å². The summed E-state index contributed by atoms with van der Waals surface area (Å²) in [6.07, 6.45) is 5.44. The van der Waals surface area contributed by atoms with Gasteiger partial charge in [-0.05, 0) is 59.3 Å². The van der Waals surface area contributed by atoms with Gasteiger partial charge in [-0.25, -0.2) is 0 Å². The van der Waals surface area contributed by atoms with Gasteiger partial charge in [0, 0.05) is 26.2 Å². The summed E-state index contributed by atoms with van der Waals surface area (Å²) < 4.78 is 0. The Hall–Kier alpha value is -3.06. The first kappa shape index (κ1) is 28.5. The molecule has 0 spiro atoms. The van der Waals surface area contributed by atoms with Crippen LogP contribution in [0, 0.1) is 11.3 Å². The van der Waals surface area contributed by atoms with Crippen molar-refractivity contribution in [2.75, 3.05) is 7.05 Å². The van der Waals surface area contributed by atoms with Crippen LogP contribution in [-0.2, 0) is 17.9 Å². The van der Waals surface area contributed by atoms with Gasteiger partial charge >= 0.3 is 5.97 Å². The molecule has 0 unspecified atom stereocenters. The van der Waals surface area contributed by atoms with Crippen molar-refractivity contribution in [3.8, 4) is 11.5 Å². The first-order valence-corrected chi connectivity index (χ1v) is 13.2. The molecule has 1 amide bonds. The Labute approximate surface area is 220 Å². The molecule has 0 aliphatic heterocycles. The van der Waals surface area contributed by atoms with Crippen molar-refractivity contribution in [2.45, 2.75) is 84.8 Å². The summed E-state index contributed by atoms with van der Waals surface area (Å²) in [6.45, 7) is 9.00. The summed E-state index contributed by atoms with van der Waals surface area (Å²) in [5.41, 5.74) is 2.64. The van der Waals surface area contributed by atoms with Crippen LogP contribution in [0.3, 0.4) is 0 Å². The number of carbonyl (C=O) groups is 2. The van der Waals surface area contributed by atoms with E-state index < -0.39 is 12.0 Å². The van der Waals surface area contributed by atoms with Gasteiger partial charge in [0.1, 0.15) is 17.5 Å². The molecule has 202 valence electrons. The van der Waals surface area contributed by atoms with Gasteiger partial charge in [-0.1, -0.05) is 64.8 Å². The Bertz CT molecular complexity index is 1090. The maximum absolute atomic E-state index is 13.0. The van der Waals surface area contributed by atoms with E-state index in [0.29, 0.717) is 31.0 Å². The molecular formula is C30H42N2O5. The Balaban J connectivity index is 1.60. The molecular weight excluding hydrogens is 468 g/mol. The number of hydrogen-bond acceptors (Lipinski definition) is 5. The second-order valence-corrected chi connectivity index (χ2v) is 11.5. The van der Waals surface area contributed by atoms with Crippen molar-refractivity contribution in [1.29, 1.82) is 0 Å². The van der Waals surface area contributed by atoms with E-state index >= 15 is 0 Å². The standard InChI is InChI=1S/C30H42N2O5/c1-19(2)23-14-24(27(34)15-26(23)33)28(35)32(5)18-21-12-10-20(11-13-21)17-31-25(29(36)37)16-30(3,4)22-8-6-7-9-22/h10-15,19,22,25,31,33-34H,6-9,16-18H2,1-5H3,(H,36,37)/t25-/m0/s1. The Kier molecular flexibility index (Phi) is 9.24. The van der Waals surface area contributed by atoms with E-state index in [-0.39, 0.29) is 34.3 Å². The fourth-order valence-electron chi connectivity index (χ4n) is 5.43. The third-order valence-electron chi connectivity index (χ3n) is 7.83. The molecule has 4 N–H and O–H groups in total. The molecule has 1 aliphatic rings. The number of nitrogens with zero attached hydrogens (tertiary/aromatic N) is 1. The zero-order valence-corrected chi connectivity index (χ0v) is 22.8. The van der Waals surface area contributed by atoms with E-state index in [1.165, 1.54) is 36.6 Å². The molecule has 0 saturated heterocycles. The molecule has 0 radical (unpaired) electrons. The summed E-state index contributed by atoms with van der Waals surface area (Å²) in [5, 5.41) is 33.3. The normalized spacial score (nSPS) is 15.2. The Morgan fingerprint density at radius 3 is 2.19 bits per heavy atom. The van der Waals surface area contributed by atoms with Crippen molar-refractivity contribution in [3.05, 3.63) is 58.7 Å². The van der Waals surface area contributed by atoms with Crippen LogP contribution in [0.4, 0.5) is 0 Å². The fraction of sp³-hybridized carbons (Fsp3) is 0.533. The molecule has 2 aromatic carbocycles. The van der Waals surface area contributed by atoms with Crippen molar-refractivity contribution in [2.24, 2.45) is 11.3 Å². The molecule has 7 nitrogen and oxygen atoms in total. The minimum atomic E-state index is -0.819. The van der Waals surface area contributed by atoms with Crippen LogP contribution in [0.15, 0.2) is 36.4 Å². The van der Waals surface area contributed by atoms with E-state index in [1.54, 1.807) is 13.1 Å². The molecule has 0 aromatic heterocycles. The van der Waals surface area contributed by atoms with E-state index in [2.05, 4.69) is 19.2 Å². The second-order valence-electron chi connectivity index (χ2n) is 11.5. The topological polar surface area (TPSA) is 110 Å². The SMILES string of the molecule is CC(C)c1cc(C(=O)N(C)Cc2ccc(CN[C@@H](CC(C)(C)C3CCCC3)C(=O)O)cc2)c(O)cc1O. The molecule has 7 heteroatoms. The highest BCUT2D eigenvalue weighted by Gasteiger charge is 2.35. The van der Waals surface area contributed by atoms with Crippen LogP contribution in [0.2, 0.25) is 0 Å². The average molecular weight is 511 g/mol. The highest BCUT2D eigenvalue weighted by Crippen LogP contribution is 2.42. The molecule has 0 bridgehead atoms. The lowest BCUT2D eigenvalue weighted by Gasteiger charge is -2.34. The summed E-state index contributed by atoms with van der Waals surface area (Å²) in [7, 11) is 1.67. The van der Waals surface area contributed by atoms with E-state index in [9.17, 15) is 24.9 Å². The number of phenols is 2. The summed E-state index contributed by atoms with van der Waals surface area (Å²) in [5.74, 6) is -0.837. The second kappa shape index (κ2) is 12.0. The number of carboxylic acids is 1. The summed E-state index contributed by atoms with van der Waals surface area (Å²) >= 11 is 0. The van der Waals surface area contributed by atoms with Gasteiger partial charge in [-0.15, -0.1) is 0 Å². The number of phenolic OH excluding ortho intramolecular Hbond substituents is 2. The van der Waals surface area contributed by atoms with Crippen LogP contribution in [-0.4, -0.2) is 45.2 Å². The number of carboxylic acid groups (broad SMARTS) is 1. The molecule has 1 saturated carbocycles. The molecule has 3 rings (SSSR count). The maximum atomic E-state index is 13.0. The van der Waals surface area contributed by atoms with Crippen molar-refractivity contribution >= 4 is 11.9 Å².